The summed E-state index contributed by atoms with van der Waals surface area (Å²) in [7, 11) is 0. The first-order chi connectivity index (χ1) is 6.19. The standard InChI is InChI=1S/C8H5Cl2N3/c9-7-1-5(3-11)2-8(10)6(7)4-13-12/h1-2,4H,12H2. The van der Waals surface area contributed by atoms with Crippen molar-refractivity contribution in [2.24, 2.45) is 10.9 Å². The molecule has 2 N–H and O–H groups in total. The second-order valence-electron chi connectivity index (χ2n) is 2.24. The van der Waals surface area contributed by atoms with Crippen LogP contribution in [0.1, 0.15) is 11.1 Å². The zero-order valence-electron chi connectivity index (χ0n) is 6.46. The van der Waals surface area contributed by atoms with Crippen molar-refractivity contribution >= 4 is 29.4 Å². The molecule has 0 aromatic heterocycles. The second kappa shape index (κ2) is 4.13. The molecule has 0 radical (unpaired) electrons. The Morgan fingerprint density at radius 3 is 2.31 bits per heavy atom. The molecule has 3 nitrogen and oxygen atoms in total. The van der Waals surface area contributed by atoms with E-state index in [0.29, 0.717) is 21.2 Å². The molecule has 0 aliphatic carbocycles. The monoisotopic (exact) mass is 213 g/mol. The summed E-state index contributed by atoms with van der Waals surface area (Å²) >= 11 is 11.6. The lowest BCUT2D eigenvalue weighted by atomic mass is 10.1. The molecule has 0 unspecified atom stereocenters. The molecule has 0 atom stereocenters. The third kappa shape index (κ3) is 2.11. The number of hydrogen-bond donors (Lipinski definition) is 1. The minimum atomic E-state index is 0.359. The molecule has 1 rings (SSSR count). The van der Waals surface area contributed by atoms with Gasteiger partial charge in [0.2, 0.25) is 0 Å². The van der Waals surface area contributed by atoms with E-state index in [2.05, 4.69) is 5.10 Å². The van der Waals surface area contributed by atoms with Gasteiger partial charge in [-0.2, -0.15) is 10.4 Å². The lowest BCUT2D eigenvalue weighted by Crippen LogP contribution is -1.90. The van der Waals surface area contributed by atoms with Crippen molar-refractivity contribution in [3.05, 3.63) is 33.3 Å². The van der Waals surface area contributed by atoms with Gasteiger partial charge in [-0.25, -0.2) is 0 Å². The van der Waals surface area contributed by atoms with Crippen molar-refractivity contribution in [1.82, 2.24) is 0 Å². The Kier molecular flexibility index (Phi) is 3.13. The van der Waals surface area contributed by atoms with Crippen molar-refractivity contribution in [2.45, 2.75) is 0 Å². The molecule has 0 bridgehead atoms. The third-order valence-electron chi connectivity index (χ3n) is 1.41. The molecule has 0 heterocycles. The zero-order chi connectivity index (χ0) is 9.84. The number of nitrogens with zero attached hydrogens (tertiary/aromatic N) is 2. The first-order valence-corrected chi connectivity index (χ1v) is 4.07. The molecule has 5 heteroatoms. The molecule has 1 aromatic carbocycles. The van der Waals surface area contributed by atoms with Gasteiger partial charge in [0, 0.05) is 5.56 Å². The van der Waals surface area contributed by atoms with Gasteiger partial charge < -0.3 is 5.84 Å². The maximum absolute atomic E-state index is 8.58. The smallest absolute Gasteiger partial charge is 0.0992 e. The Balaban J connectivity index is 3.33. The normalized spacial score (nSPS) is 10.2. The van der Waals surface area contributed by atoms with Crippen LogP contribution in [0.4, 0.5) is 0 Å². The average Bonchev–Trinajstić information content (AvgIpc) is 2.11. The highest BCUT2D eigenvalue weighted by molar-refractivity contribution is 6.38. The predicted molar refractivity (Wildman–Crippen MR) is 53.0 cm³/mol. The quantitative estimate of drug-likeness (QED) is 0.442. The molecular weight excluding hydrogens is 209 g/mol. The number of nitriles is 1. The van der Waals surface area contributed by atoms with Gasteiger partial charge in [0.1, 0.15) is 0 Å². The summed E-state index contributed by atoms with van der Waals surface area (Å²) in [4.78, 5) is 0. The number of hydrazone groups is 1. The largest absolute Gasteiger partial charge is 0.323 e. The topological polar surface area (TPSA) is 62.2 Å². The summed E-state index contributed by atoms with van der Waals surface area (Å²) in [5, 5.41) is 12.6. The fourth-order valence-electron chi connectivity index (χ4n) is 0.847. The van der Waals surface area contributed by atoms with Crippen LogP contribution >= 0.6 is 23.2 Å². The minimum Gasteiger partial charge on any atom is -0.323 e. The van der Waals surface area contributed by atoms with Gasteiger partial charge in [0.25, 0.3) is 0 Å². The molecule has 1 aromatic rings. The number of nitrogens with two attached hydrogens (primary N) is 1. The summed E-state index contributed by atoms with van der Waals surface area (Å²) < 4.78 is 0. The third-order valence-corrected chi connectivity index (χ3v) is 2.04. The summed E-state index contributed by atoms with van der Waals surface area (Å²) in [6, 6.07) is 4.94. The van der Waals surface area contributed by atoms with Crippen LogP contribution in [0, 0.1) is 11.3 Å². The van der Waals surface area contributed by atoms with Crippen LogP contribution in [0.2, 0.25) is 10.0 Å². The van der Waals surface area contributed by atoms with Gasteiger partial charge in [-0.1, -0.05) is 23.2 Å². The molecule has 0 aliphatic heterocycles. The van der Waals surface area contributed by atoms with Crippen molar-refractivity contribution in [1.29, 1.82) is 5.26 Å². The van der Waals surface area contributed by atoms with Crippen LogP contribution in [0.3, 0.4) is 0 Å². The Bertz CT molecular complexity index is 370. The van der Waals surface area contributed by atoms with E-state index in [9.17, 15) is 0 Å². The van der Waals surface area contributed by atoms with Crippen molar-refractivity contribution < 1.29 is 0 Å². The van der Waals surface area contributed by atoms with Gasteiger partial charge in [0.05, 0.1) is 27.9 Å². The first kappa shape index (κ1) is 9.85. The van der Waals surface area contributed by atoms with Crippen LogP contribution in [0.15, 0.2) is 17.2 Å². The van der Waals surface area contributed by atoms with Crippen LogP contribution in [-0.2, 0) is 0 Å². The minimum absolute atomic E-state index is 0.359. The van der Waals surface area contributed by atoms with Crippen LogP contribution in [0.5, 0.6) is 0 Å². The molecule has 0 amide bonds. The lowest BCUT2D eigenvalue weighted by Gasteiger charge is -2.00. The SMILES string of the molecule is N#Cc1cc(Cl)c(C=NN)c(Cl)c1. The number of halogens is 2. The maximum atomic E-state index is 8.58. The summed E-state index contributed by atoms with van der Waals surface area (Å²) in [6.07, 6.45) is 1.34. The lowest BCUT2D eigenvalue weighted by molar-refractivity contribution is 1.26. The van der Waals surface area contributed by atoms with E-state index in [0.717, 1.165) is 0 Å². The van der Waals surface area contributed by atoms with E-state index < -0.39 is 0 Å². The van der Waals surface area contributed by atoms with Crippen LogP contribution < -0.4 is 5.84 Å². The molecular formula is C8H5Cl2N3. The van der Waals surface area contributed by atoms with E-state index in [-0.39, 0.29) is 0 Å². The van der Waals surface area contributed by atoms with Gasteiger partial charge in [-0.3, -0.25) is 0 Å². The highest BCUT2D eigenvalue weighted by Crippen LogP contribution is 2.24. The first-order valence-electron chi connectivity index (χ1n) is 3.31. The number of rotatable bonds is 1. The number of hydrogen-bond acceptors (Lipinski definition) is 3. The van der Waals surface area contributed by atoms with E-state index in [4.69, 9.17) is 34.3 Å². The molecule has 0 saturated heterocycles. The van der Waals surface area contributed by atoms with Gasteiger partial charge >= 0.3 is 0 Å². The van der Waals surface area contributed by atoms with Gasteiger partial charge in [0.15, 0.2) is 0 Å². The van der Waals surface area contributed by atoms with Gasteiger partial charge in [-0.05, 0) is 12.1 Å². The molecule has 66 valence electrons. The van der Waals surface area contributed by atoms with Crippen molar-refractivity contribution in [3.8, 4) is 6.07 Å². The zero-order valence-corrected chi connectivity index (χ0v) is 7.97. The molecule has 0 fully saturated rings. The second-order valence-corrected chi connectivity index (χ2v) is 3.06. The molecule has 13 heavy (non-hydrogen) atoms. The van der Waals surface area contributed by atoms with E-state index in [1.807, 2.05) is 6.07 Å². The van der Waals surface area contributed by atoms with Crippen LogP contribution in [0.25, 0.3) is 0 Å². The summed E-state index contributed by atoms with van der Waals surface area (Å²) in [6.45, 7) is 0. The van der Waals surface area contributed by atoms with E-state index in [1.54, 1.807) is 0 Å². The Morgan fingerprint density at radius 2 is 1.92 bits per heavy atom. The van der Waals surface area contributed by atoms with E-state index in [1.165, 1.54) is 18.3 Å². The molecule has 0 spiro atoms. The predicted octanol–water partition coefficient (Wildman–Crippen LogP) is 2.16. The Hall–Kier alpha value is -1.24. The fourth-order valence-corrected chi connectivity index (χ4v) is 1.43. The Morgan fingerprint density at radius 1 is 1.38 bits per heavy atom. The Labute approximate surface area is 85.4 Å². The highest BCUT2D eigenvalue weighted by Gasteiger charge is 2.05. The van der Waals surface area contributed by atoms with Crippen LogP contribution in [-0.4, -0.2) is 6.21 Å². The number of benzene rings is 1. The average molecular weight is 214 g/mol. The van der Waals surface area contributed by atoms with Gasteiger partial charge in [-0.15, -0.1) is 0 Å². The summed E-state index contributed by atoms with van der Waals surface area (Å²) in [5.41, 5.74) is 0.925. The van der Waals surface area contributed by atoms with Crippen molar-refractivity contribution in [2.75, 3.05) is 0 Å². The maximum Gasteiger partial charge on any atom is 0.0992 e. The van der Waals surface area contributed by atoms with E-state index >= 15 is 0 Å². The fraction of sp³-hybridized carbons (Fsp3) is 0. The molecule has 0 saturated carbocycles. The highest BCUT2D eigenvalue weighted by atomic mass is 35.5. The summed E-state index contributed by atoms with van der Waals surface area (Å²) in [5.74, 6) is 4.96. The molecule has 0 aliphatic rings. The van der Waals surface area contributed by atoms with Crippen molar-refractivity contribution in [3.63, 3.8) is 0 Å².